The second-order valence-corrected chi connectivity index (χ2v) is 5.19. The monoisotopic (exact) mass is 479 g/mol. The number of ether oxygens (including phenoxy) is 1. The Morgan fingerprint density at radius 2 is 1.73 bits per heavy atom. The molecule has 2 rings (SSSR count). The molecule has 0 saturated carbocycles. The molecule has 26 heavy (non-hydrogen) atoms. The average Bonchev–Trinajstić information content (AvgIpc) is 2.60. The van der Waals surface area contributed by atoms with Crippen LogP contribution in [-0.4, -0.2) is 32.7 Å². The first-order valence-electron chi connectivity index (χ1n) is 7.86. The zero-order valence-electron chi connectivity index (χ0n) is 14.3. The van der Waals surface area contributed by atoms with Crippen molar-refractivity contribution in [3.63, 3.8) is 0 Å². The zero-order valence-corrected chi connectivity index (χ0v) is 16.6. The number of nitrogens with one attached hydrogen (secondary N) is 2. The van der Waals surface area contributed by atoms with Gasteiger partial charge in [-0.15, -0.1) is 24.0 Å². The van der Waals surface area contributed by atoms with E-state index in [-0.39, 0.29) is 42.2 Å². The van der Waals surface area contributed by atoms with E-state index < -0.39 is 11.6 Å². The first kappa shape index (κ1) is 22.1. The summed E-state index contributed by atoms with van der Waals surface area (Å²) in [5, 5.41) is 6.05. The van der Waals surface area contributed by atoms with Gasteiger partial charge >= 0.3 is 0 Å². The normalized spacial score (nSPS) is 10.8. The number of hydrogen-bond donors (Lipinski definition) is 2. The van der Waals surface area contributed by atoms with E-state index in [4.69, 9.17) is 4.74 Å². The lowest BCUT2D eigenvalue weighted by Crippen LogP contribution is -2.40. The maximum absolute atomic E-state index is 13.5. The lowest BCUT2D eigenvalue weighted by molar-refractivity contribution is 0.304. The van der Waals surface area contributed by atoms with E-state index in [0.29, 0.717) is 31.0 Å². The number of rotatable bonds is 7. The molecule has 0 bridgehead atoms. The number of guanidine groups is 1. The Hall–Kier alpha value is -1.97. The standard InChI is InChI=1S/C18H20F3N3O.HI/c1-22-18(23-9-8-13-4-2-3-5-15(13)20)24-10-11-25-17-7-6-14(19)12-16(17)21;/h2-7,12H,8-11H2,1H3,(H2,22,23,24);1H. The minimum Gasteiger partial charge on any atom is -0.489 e. The molecule has 2 aromatic rings. The van der Waals surface area contributed by atoms with Crippen molar-refractivity contribution in [1.29, 1.82) is 0 Å². The van der Waals surface area contributed by atoms with Crippen molar-refractivity contribution in [3.05, 3.63) is 65.5 Å². The third-order valence-electron chi connectivity index (χ3n) is 3.41. The highest BCUT2D eigenvalue weighted by Gasteiger charge is 2.05. The molecule has 142 valence electrons. The van der Waals surface area contributed by atoms with Crippen molar-refractivity contribution in [3.8, 4) is 5.75 Å². The van der Waals surface area contributed by atoms with E-state index >= 15 is 0 Å². The summed E-state index contributed by atoms with van der Waals surface area (Å²) in [6.07, 6.45) is 0.519. The molecule has 0 fully saturated rings. The molecular weight excluding hydrogens is 458 g/mol. The van der Waals surface area contributed by atoms with Crippen LogP contribution in [0.5, 0.6) is 5.75 Å². The molecule has 0 atom stereocenters. The first-order chi connectivity index (χ1) is 12.1. The molecular formula is C18H21F3IN3O. The molecule has 0 unspecified atom stereocenters. The highest BCUT2D eigenvalue weighted by molar-refractivity contribution is 14.0. The lowest BCUT2D eigenvalue weighted by atomic mass is 10.1. The molecule has 8 heteroatoms. The Morgan fingerprint density at radius 1 is 1.00 bits per heavy atom. The third-order valence-corrected chi connectivity index (χ3v) is 3.41. The van der Waals surface area contributed by atoms with Gasteiger partial charge in [0, 0.05) is 19.7 Å². The van der Waals surface area contributed by atoms with Crippen molar-refractivity contribution in [2.24, 2.45) is 4.99 Å². The minimum atomic E-state index is -0.743. The summed E-state index contributed by atoms with van der Waals surface area (Å²) < 4.78 is 45.0. The predicted molar refractivity (Wildman–Crippen MR) is 107 cm³/mol. The molecule has 0 heterocycles. The van der Waals surface area contributed by atoms with Crippen LogP contribution >= 0.6 is 24.0 Å². The SMILES string of the molecule is CN=C(NCCOc1ccc(F)cc1F)NCCc1ccccc1F.I. The van der Waals surface area contributed by atoms with Crippen LogP contribution in [0.25, 0.3) is 0 Å². The Bertz CT molecular complexity index is 729. The van der Waals surface area contributed by atoms with Crippen molar-refractivity contribution >= 4 is 29.9 Å². The van der Waals surface area contributed by atoms with Gasteiger partial charge in [-0.2, -0.15) is 0 Å². The van der Waals surface area contributed by atoms with Gasteiger partial charge in [-0.25, -0.2) is 13.2 Å². The predicted octanol–water partition coefficient (Wildman–Crippen LogP) is 3.51. The molecule has 0 spiro atoms. The number of hydrogen-bond acceptors (Lipinski definition) is 2. The summed E-state index contributed by atoms with van der Waals surface area (Å²) in [6.45, 7) is 1.06. The Morgan fingerprint density at radius 3 is 2.42 bits per heavy atom. The van der Waals surface area contributed by atoms with Crippen LogP contribution in [0, 0.1) is 17.5 Å². The molecule has 0 amide bonds. The Kier molecular flexibility index (Phi) is 9.85. The van der Waals surface area contributed by atoms with Crippen LogP contribution in [0.4, 0.5) is 13.2 Å². The van der Waals surface area contributed by atoms with E-state index in [9.17, 15) is 13.2 Å². The van der Waals surface area contributed by atoms with E-state index in [2.05, 4.69) is 15.6 Å². The van der Waals surface area contributed by atoms with Gasteiger partial charge in [0.25, 0.3) is 0 Å². The van der Waals surface area contributed by atoms with Crippen molar-refractivity contribution in [2.45, 2.75) is 6.42 Å². The van der Waals surface area contributed by atoms with Crippen LogP contribution in [0.1, 0.15) is 5.56 Å². The molecule has 4 nitrogen and oxygen atoms in total. The van der Waals surface area contributed by atoms with Gasteiger partial charge in [0.1, 0.15) is 18.2 Å². The van der Waals surface area contributed by atoms with Gasteiger partial charge in [-0.3, -0.25) is 4.99 Å². The van der Waals surface area contributed by atoms with Gasteiger partial charge in [-0.05, 0) is 30.2 Å². The maximum atomic E-state index is 13.5. The van der Waals surface area contributed by atoms with Gasteiger partial charge in [0.05, 0.1) is 6.54 Å². The van der Waals surface area contributed by atoms with E-state index in [0.717, 1.165) is 12.1 Å². The summed E-state index contributed by atoms with van der Waals surface area (Å²) in [7, 11) is 1.61. The molecule has 0 aliphatic rings. The van der Waals surface area contributed by atoms with Crippen LogP contribution in [0.15, 0.2) is 47.5 Å². The molecule has 2 aromatic carbocycles. The minimum absolute atomic E-state index is 0. The quantitative estimate of drug-likeness (QED) is 0.277. The molecule has 2 N–H and O–H groups in total. The third kappa shape index (κ3) is 7.11. The fourth-order valence-electron chi connectivity index (χ4n) is 2.16. The van der Waals surface area contributed by atoms with Gasteiger partial charge in [-0.1, -0.05) is 18.2 Å². The molecule has 0 saturated heterocycles. The second kappa shape index (κ2) is 11.6. The Labute approximate surface area is 167 Å². The van der Waals surface area contributed by atoms with Gasteiger partial charge in [0.2, 0.25) is 0 Å². The summed E-state index contributed by atoms with van der Waals surface area (Å²) in [6, 6.07) is 9.74. The molecule has 0 aromatic heterocycles. The fourth-order valence-corrected chi connectivity index (χ4v) is 2.16. The molecule has 0 aliphatic carbocycles. The van der Waals surface area contributed by atoms with Gasteiger partial charge < -0.3 is 15.4 Å². The number of nitrogens with zero attached hydrogens (tertiary/aromatic N) is 1. The highest BCUT2D eigenvalue weighted by atomic mass is 127. The molecule has 0 aliphatic heterocycles. The lowest BCUT2D eigenvalue weighted by Gasteiger charge is -2.13. The summed E-state index contributed by atoms with van der Waals surface area (Å²) >= 11 is 0. The smallest absolute Gasteiger partial charge is 0.191 e. The van der Waals surface area contributed by atoms with Crippen LogP contribution in [0.3, 0.4) is 0 Å². The second-order valence-electron chi connectivity index (χ2n) is 5.19. The van der Waals surface area contributed by atoms with E-state index in [1.165, 1.54) is 12.1 Å². The van der Waals surface area contributed by atoms with Crippen molar-refractivity contribution in [1.82, 2.24) is 10.6 Å². The van der Waals surface area contributed by atoms with Crippen LogP contribution < -0.4 is 15.4 Å². The average molecular weight is 479 g/mol. The zero-order chi connectivity index (χ0) is 18.1. The van der Waals surface area contributed by atoms with Crippen molar-refractivity contribution < 1.29 is 17.9 Å². The highest BCUT2D eigenvalue weighted by Crippen LogP contribution is 2.17. The summed E-state index contributed by atoms with van der Waals surface area (Å²) in [5.41, 5.74) is 0.626. The van der Waals surface area contributed by atoms with Gasteiger partial charge in [0.15, 0.2) is 17.5 Å². The van der Waals surface area contributed by atoms with Crippen molar-refractivity contribution in [2.75, 3.05) is 26.7 Å². The maximum Gasteiger partial charge on any atom is 0.191 e. The van der Waals surface area contributed by atoms with Crippen LogP contribution in [0.2, 0.25) is 0 Å². The summed E-state index contributed by atoms with van der Waals surface area (Å²) in [4.78, 5) is 4.04. The Balaban J connectivity index is 0.00000338. The topological polar surface area (TPSA) is 45.7 Å². The largest absolute Gasteiger partial charge is 0.489 e. The van der Waals surface area contributed by atoms with Crippen LogP contribution in [-0.2, 0) is 6.42 Å². The molecule has 0 radical (unpaired) electrons. The number of halogens is 4. The van der Waals surface area contributed by atoms with E-state index in [1.54, 1.807) is 25.2 Å². The fraction of sp³-hybridized carbons (Fsp3) is 0.278. The number of benzene rings is 2. The van der Waals surface area contributed by atoms with E-state index in [1.807, 2.05) is 0 Å². The summed E-state index contributed by atoms with van der Waals surface area (Å²) in [5.74, 6) is -1.11. The first-order valence-corrected chi connectivity index (χ1v) is 7.86. The number of aliphatic imine (C=N–C) groups is 1.